The molecule has 3 rings (SSSR count). The fourth-order valence-corrected chi connectivity index (χ4v) is 3.63. The normalized spacial score (nSPS) is 27.8. The maximum absolute atomic E-state index is 13.9. The molecular formula is C16H21FN2O2. The third-order valence-electron chi connectivity index (χ3n) is 4.70. The van der Waals surface area contributed by atoms with E-state index in [1.807, 2.05) is 6.92 Å². The number of benzene rings is 1. The van der Waals surface area contributed by atoms with Gasteiger partial charge in [0.2, 0.25) is 0 Å². The van der Waals surface area contributed by atoms with Gasteiger partial charge < -0.3 is 15.3 Å². The Kier molecular flexibility index (Phi) is 3.85. The van der Waals surface area contributed by atoms with Crippen LogP contribution in [0.1, 0.15) is 30.1 Å². The number of amides is 1. The number of hydrogen-bond donors (Lipinski definition) is 2. The Morgan fingerprint density at radius 2 is 2.24 bits per heavy atom. The van der Waals surface area contributed by atoms with Crippen molar-refractivity contribution in [2.75, 3.05) is 25.0 Å². The van der Waals surface area contributed by atoms with Crippen LogP contribution >= 0.6 is 0 Å². The average Bonchev–Trinajstić information content (AvgIpc) is 3.03. The number of fused-ring (bicyclic) bond motifs is 1. The van der Waals surface area contributed by atoms with Gasteiger partial charge in [0.05, 0.1) is 17.4 Å². The summed E-state index contributed by atoms with van der Waals surface area (Å²) in [6.45, 7) is 3.68. The molecule has 2 aliphatic rings. The highest BCUT2D eigenvalue weighted by atomic mass is 19.1. The zero-order valence-corrected chi connectivity index (χ0v) is 12.2. The van der Waals surface area contributed by atoms with Gasteiger partial charge >= 0.3 is 0 Å². The highest BCUT2D eigenvalue weighted by Crippen LogP contribution is 2.39. The smallest absolute Gasteiger partial charge is 0.256 e. The lowest BCUT2D eigenvalue weighted by molar-refractivity contribution is 0.0753. The topological polar surface area (TPSA) is 52.6 Å². The number of hydrogen-bond acceptors (Lipinski definition) is 3. The quantitative estimate of drug-likeness (QED) is 0.897. The largest absolute Gasteiger partial charge is 0.393 e. The Labute approximate surface area is 124 Å². The van der Waals surface area contributed by atoms with Crippen LogP contribution in [-0.2, 0) is 0 Å². The zero-order valence-electron chi connectivity index (χ0n) is 12.2. The summed E-state index contributed by atoms with van der Waals surface area (Å²) in [5.41, 5.74) is 0.661. The Hall–Kier alpha value is -1.62. The number of nitrogens with zero attached hydrogens (tertiary/aromatic N) is 1. The molecule has 1 aromatic rings. The molecule has 1 saturated heterocycles. The number of rotatable bonds is 3. The Morgan fingerprint density at radius 3 is 2.95 bits per heavy atom. The van der Waals surface area contributed by atoms with Crippen molar-refractivity contribution in [1.29, 1.82) is 0 Å². The van der Waals surface area contributed by atoms with Crippen molar-refractivity contribution in [2.45, 2.75) is 25.9 Å². The van der Waals surface area contributed by atoms with Gasteiger partial charge in [-0.15, -0.1) is 0 Å². The van der Waals surface area contributed by atoms with Gasteiger partial charge in [0.25, 0.3) is 5.91 Å². The van der Waals surface area contributed by atoms with Gasteiger partial charge in [-0.2, -0.15) is 0 Å². The second kappa shape index (κ2) is 5.64. The SMILES string of the molecule is CCNc1c(F)cccc1C(=O)N1CC2CCC(O)C2C1. The molecule has 3 unspecified atom stereocenters. The summed E-state index contributed by atoms with van der Waals surface area (Å²) in [5.74, 6) is 0.0272. The van der Waals surface area contributed by atoms with E-state index in [1.165, 1.54) is 6.07 Å². The first-order valence-corrected chi connectivity index (χ1v) is 7.61. The monoisotopic (exact) mass is 292 g/mol. The number of carbonyl (C=O) groups excluding carboxylic acids is 1. The number of anilines is 1. The molecule has 4 nitrogen and oxygen atoms in total. The number of para-hydroxylation sites is 1. The molecule has 3 atom stereocenters. The van der Waals surface area contributed by atoms with E-state index in [1.54, 1.807) is 17.0 Å². The Bertz CT molecular complexity index is 549. The summed E-state index contributed by atoms with van der Waals surface area (Å²) < 4.78 is 13.9. The first kappa shape index (κ1) is 14.3. The molecule has 0 spiro atoms. The number of halogens is 1. The molecule has 1 aliphatic carbocycles. The molecule has 1 heterocycles. The van der Waals surface area contributed by atoms with E-state index in [0.29, 0.717) is 31.1 Å². The standard InChI is InChI=1S/C16H21FN2O2/c1-2-18-15-11(4-3-5-13(15)17)16(21)19-8-10-6-7-14(20)12(10)9-19/h3-5,10,12,14,18,20H,2,6-9H2,1H3. The first-order chi connectivity index (χ1) is 10.1. The van der Waals surface area contributed by atoms with Crippen LogP contribution in [0.5, 0.6) is 0 Å². The van der Waals surface area contributed by atoms with E-state index in [4.69, 9.17) is 0 Å². The predicted octanol–water partition coefficient (Wildman–Crippen LogP) is 2.10. The number of nitrogens with one attached hydrogen (secondary N) is 1. The van der Waals surface area contributed by atoms with Crippen LogP contribution in [0.2, 0.25) is 0 Å². The maximum atomic E-state index is 13.9. The molecule has 2 N–H and O–H groups in total. The molecule has 1 aromatic carbocycles. The lowest BCUT2D eigenvalue weighted by atomic mass is 10.00. The first-order valence-electron chi connectivity index (χ1n) is 7.61. The van der Waals surface area contributed by atoms with Crippen LogP contribution in [0.3, 0.4) is 0 Å². The Balaban J connectivity index is 1.82. The molecule has 1 saturated carbocycles. The highest BCUT2D eigenvalue weighted by Gasteiger charge is 2.43. The number of carbonyl (C=O) groups is 1. The van der Waals surface area contributed by atoms with E-state index in [9.17, 15) is 14.3 Å². The van der Waals surface area contributed by atoms with Crippen molar-refractivity contribution < 1.29 is 14.3 Å². The van der Waals surface area contributed by atoms with E-state index in [0.717, 1.165) is 12.8 Å². The summed E-state index contributed by atoms with van der Waals surface area (Å²) >= 11 is 0. The lowest BCUT2D eigenvalue weighted by Crippen LogP contribution is -2.31. The van der Waals surface area contributed by atoms with Crippen molar-refractivity contribution >= 4 is 11.6 Å². The third kappa shape index (κ3) is 2.50. The molecule has 2 fully saturated rings. The van der Waals surface area contributed by atoms with E-state index in [-0.39, 0.29) is 23.6 Å². The van der Waals surface area contributed by atoms with Gasteiger partial charge in [0.15, 0.2) is 0 Å². The molecule has 1 amide bonds. The third-order valence-corrected chi connectivity index (χ3v) is 4.70. The van der Waals surface area contributed by atoms with Crippen molar-refractivity contribution in [3.05, 3.63) is 29.6 Å². The minimum absolute atomic E-state index is 0.146. The summed E-state index contributed by atoms with van der Waals surface area (Å²) in [4.78, 5) is 14.4. The van der Waals surface area contributed by atoms with Gasteiger partial charge in [0, 0.05) is 25.6 Å². The molecule has 0 bridgehead atoms. The molecule has 0 aromatic heterocycles. The van der Waals surface area contributed by atoms with Crippen LogP contribution in [0.25, 0.3) is 0 Å². The van der Waals surface area contributed by atoms with Crippen LogP contribution in [0, 0.1) is 17.7 Å². The maximum Gasteiger partial charge on any atom is 0.256 e. The van der Waals surface area contributed by atoms with E-state index < -0.39 is 5.82 Å². The van der Waals surface area contributed by atoms with Crippen LogP contribution in [0.15, 0.2) is 18.2 Å². The fourth-order valence-electron chi connectivity index (χ4n) is 3.63. The molecule has 21 heavy (non-hydrogen) atoms. The van der Waals surface area contributed by atoms with Gasteiger partial charge in [-0.1, -0.05) is 6.07 Å². The summed E-state index contributed by atoms with van der Waals surface area (Å²) in [5, 5.41) is 12.9. The molecule has 5 heteroatoms. The molecular weight excluding hydrogens is 271 g/mol. The van der Waals surface area contributed by atoms with Gasteiger partial charge in [-0.25, -0.2) is 4.39 Å². The Morgan fingerprint density at radius 1 is 1.43 bits per heavy atom. The van der Waals surface area contributed by atoms with Gasteiger partial charge in [-0.05, 0) is 37.8 Å². The molecule has 1 aliphatic heterocycles. The second-order valence-electron chi connectivity index (χ2n) is 5.97. The summed E-state index contributed by atoms with van der Waals surface area (Å²) in [7, 11) is 0. The predicted molar refractivity (Wildman–Crippen MR) is 78.7 cm³/mol. The van der Waals surface area contributed by atoms with Crippen molar-refractivity contribution in [1.82, 2.24) is 4.90 Å². The van der Waals surface area contributed by atoms with Crippen LogP contribution < -0.4 is 5.32 Å². The van der Waals surface area contributed by atoms with E-state index in [2.05, 4.69) is 5.32 Å². The van der Waals surface area contributed by atoms with Crippen molar-refractivity contribution in [2.24, 2.45) is 11.8 Å². The molecule has 0 radical (unpaired) electrons. The van der Waals surface area contributed by atoms with Gasteiger partial charge in [0.1, 0.15) is 5.82 Å². The van der Waals surface area contributed by atoms with Crippen molar-refractivity contribution in [3.63, 3.8) is 0 Å². The lowest BCUT2D eigenvalue weighted by Gasteiger charge is -2.20. The number of likely N-dealkylation sites (tertiary alicyclic amines) is 1. The van der Waals surface area contributed by atoms with Gasteiger partial charge in [-0.3, -0.25) is 4.79 Å². The number of aliphatic hydroxyl groups excluding tert-OH is 1. The minimum Gasteiger partial charge on any atom is -0.393 e. The number of aliphatic hydroxyl groups is 1. The van der Waals surface area contributed by atoms with Crippen molar-refractivity contribution in [3.8, 4) is 0 Å². The summed E-state index contributed by atoms with van der Waals surface area (Å²) in [6.07, 6.45) is 1.51. The minimum atomic E-state index is -0.401. The van der Waals surface area contributed by atoms with E-state index >= 15 is 0 Å². The highest BCUT2D eigenvalue weighted by molar-refractivity contribution is 6.00. The summed E-state index contributed by atoms with van der Waals surface area (Å²) in [6, 6.07) is 4.58. The average molecular weight is 292 g/mol. The molecule has 114 valence electrons. The zero-order chi connectivity index (χ0) is 15.0. The van der Waals surface area contributed by atoms with Crippen LogP contribution in [-0.4, -0.2) is 41.7 Å². The van der Waals surface area contributed by atoms with Crippen LogP contribution in [0.4, 0.5) is 10.1 Å². The fraction of sp³-hybridized carbons (Fsp3) is 0.562. The second-order valence-corrected chi connectivity index (χ2v) is 5.97.